The largest absolute Gasteiger partial charge is 0.488 e. The topological polar surface area (TPSA) is 47.3 Å². The summed E-state index contributed by atoms with van der Waals surface area (Å²) in [5, 5.41) is 14.6. The molecule has 0 amide bonds. The molecule has 1 aromatic carbocycles. The highest BCUT2D eigenvalue weighted by atomic mass is 35.5. The van der Waals surface area contributed by atoms with Gasteiger partial charge in [-0.1, -0.05) is 23.2 Å². The number of aryl methyl sites for hydroxylation is 2. The van der Waals surface area contributed by atoms with Gasteiger partial charge in [-0.25, -0.2) is 0 Å². The minimum Gasteiger partial charge on any atom is -0.488 e. The molecule has 0 aliphatic carbocycles. The summed E-state index contributed by atoms with van der Waals surface area (Å²) in [5.74, 6) is 0.589. The zero-order valence-electron chi connectivity index (χ0n) is 10.7. The van der Waals surface area contributed by atoms with E-state index in [2.05, 4.69) is 5.10 Å². The number of aliphatic hydroxyl groups is 1. The van der Waals surface area contributed by atoms with Crippen LogP contribution in [-0.4, -0.2) is 14.9 Å². The lowest BCUT2D eigenvalue weighted by atomic mass is 10.2. The van der Waals surface area contributed by atoms with Gasteiger partial charge in [0.1, 0.15) is 17.5 Å². The number of aromatic nitrogens is 2. The number of benzene rings is 1. The van der Waals surface area contributed by atoms with Crippen LogP contribution < -0.4 is 4.74 Å². The average molecular weight is 301 g/mol. The standard InChI is InChI=1S/C13H14Cl2N2O2/c1-8-11(13(15)17(2)16-8)7-19-12-4-3-10(14)5-9(12)6-18/h3-5,18H,6-7H2,1-2H3. The van der Waals surface area contributed by atoms with Crippen molar-refractivity contribution in [2.45, 2.75) is 20.1 Å². The molecule has 0 saturated carbocycles. The van der Waals surface area contributed by atoms with Crippen LogP contribution >= 0.6 is 23.2 Å². The Morgan fingerprint density at radius 1 is 1.37 bits per heavy atom. The van der Waals surface area contributed by atoms with Crippen LogP contribution in [-0.2, 0) is 20.3 Å². The zero-order valence-corrected chi connectivity index (χ0v) is 12.2. The van der Waals surface area contributed by atoms with Crippen molar-refractivity contribution < 1.29 is 9.84 Å². The molecule has 1 aromatic heterocycles. The second-order valence-electron chi connectivity index (χ2n) is 4.18. The van der Waals surface area contributed by atoms with Gasteiger partial charge in [0.05, 0.1) is 12.3 Å². The van der Waals surface area contributed by atoms with Gasteiger partial charge in [-0.05, 0) is 25.1 Å². The van der Waals surface area contributed by atoms with Crippen LogP contribution in [0.3, 0.4) is 0 Å². The molecule has 0 aliphatic rings. The number of hydrogen-bond acceptors (Lipinski definition) is 3. The van der Waals surface area contributed by atoms with Crippen LogP contribution in [0.25, 0.3) is 0 Å². The number of aliphatic hydroxyl groups excluding tert-OH is 1. The molecule has 0 bridgehead atoms. The van der Waals surface area contributed by atoms with E-state index in [9.17, 15) is 5.11 Å². The quantitative estimate of drug-likeness (QED) is 0.944. The molecule has 1 N–H and O–H groups in total. The molecular weight excluding hydrogens is 287 g/mol. The fourth-order valence-electron chi connectivity index (χ4n) is 1.80. The normalized spacial score (nSPS) is 10.8. The summed E-state index contributed by atoms with van der Waals surface area (Å²) in [6, 6.07) is 5.12. The molecule has 6 heteroatoms. The molecule has 0 radical (unpaired) electrons. The van der Waals surface area contributed by atoms with Gasteiger partial charge in [0.15, 0.2) is 0 Å². The van der Waals surface area contributed by atoms with E-state index in [0.29, 0.717) is 28.1 Å². The van der Waals surface area contributed by atoms with E-state index >= 15 is 0 Å². The van der Waals surface area contributed by atoms with Crippen LogP contribution in [0.1, 0.15) is 16.8 Å². The molecule has 1 heterocycles. The lowest BCUT2D eigenvalue weighted by Gasteiger charge is -2.10. The third kappa shape index (κ3) is 3.03. The third-order valence-electron chi connectivity index (χ3n) is 2.83. The third-order valence-corrected chi connectivity index (χ3v) is 3.54. The second-order valence-corrected chi connectivity index (χ2v) is 4.97. The van der Waals surface area contributed by atoms with E-state index in [4.69, 9.17) is 27.9 Å². The van der Waals surface area contributed by atoms with Gasteiger partial charge in [-0.2, -0.15) is 5.10 Å². The van der Waals surface area contributed by atoms with Gasteiger partial charge in [-0.15, -0.1) is 0 Å². The van der Waals surface area contributed by atoms with Crippen LogP contribution in [0.5, 0.6) is 5.75 Å². The summed E-state index contributed by atoms with van der Waals surface area (Å²) in [7, 11) is 1.78. The Labute approximate surface area is 121 Å². The van der Waals surface area contributed by atoms with E-state index in [1.165, 1.54) is 0 Å². The summed E-state index contributed by atoms with van der Waals surface area (Å²) in [6.45, 7) is 2.04. The molecule has 2 aromatic rings. The Morgan fingerprint density at radius 2 is 2.11 bits per heavy atom. The highest BCUT2D eigenvalue weighted by molar-refractivity contribution is 6.30. The van der Waals surface area contributed by atoms with Crippen molar-refractivity contribution in [2.24, 2.45) is 7.05 Å². The molecule has 4 nitrogen and oxygen atoms in total. The molecule has 0 saturated heterocycles. The fraction of sp³-hybridized carbons (Fsp3) is 0.308. The predicted octanol–water partition coefficient (Wildman–Crippen LogP) is 3.11. The number of rotatable bonds is 4. The number of nitrogens with zero attached hydrogens (tertiary/aromatic N) is 2. The van der Waals surface area contributed by atoms with Gasteiger partial charge in [0.25, 0.3) is 0 Å². The van der Waals surface area contributed by atoms with Crippen molar-refractivity contribution in [3.63, 3.8) is 0 Å². The maximum absolute atomic E-state index is 9.27. The number of hydrogen-bond donors (Lipinski definition) is 1. The first-order chi connectivity index (χ1) is 9.02. The molecular formula is C13H14Cl2N2O2. The molecule has 0 fully saturated rings. The Kier molecular flexibility index (Phi) is 4.34. The first-order valence-corrected chi connectivity index (χ1v) is 6.48. The van der Waals surface area contributed by atoms with Crippen molar-refractivity contribution in [3.05, 3.63) is 45.2 Å². The Hall–Kier alpha value is -1.23. The van der Waals surface area contributed by atoms with Gasteiger partial charge in [-0.3, -0.25) is 4.68 Å². The SMILES string of the molecule is Cc1nn(C)c(Cl)c1COc1ccc(Cl)cc1CO. The molecule has 2 rings (SSSR count). The first-order valence-electron chi connectivity index (χ1n) is 5.73. The highest BCUT2D eigenvalue weighted by Crippen LogP contribution is 2.26. The fourth-order valence-corrected chi connectivity index (χ4v) is 2.22. The van der Waals surface area contributed by atoms with Crippen molar-refractivity contribution >= 4 is 23.2 Å². The van der Waals surface area contributed by atoms with Crippen LogP contribution in [0.4, 0.5) is 0 Å². The Balaban J connectivity index is 2.19. The first kappa shape index (κ1) is 14.2. The predicted molar refractivity (Wildman–Crippen MR) is 74.7 cm³/mol. The Bertz CT molecular complexity index is 597. The average Bonchev–Trinajstić information content (AvgIpc) is 2.62. The molecule has 102 valence electrons. The number of halogens is 2. The Morgan fingerprint density at radius 3 is 2.68 bits per heavy atom. The summed E-state index contributed by atoms with van der Waals surface area (Å²) in [6.07, 6.45) is 0. The van der Waals surface area contributed by atoms with Crippen molar-refractivity contribution in [1.82, 2.24) is 9.78 Å². The minimum atomic E-state index is -0.129. The van der Waals surface area contributed by atoms with Crippen molar-refractivity contribution in [3.8, 4) is 5.75 Å². The number of ether oxygens (including phenoxy) is 1. The van der Waals surface area contributed by atoms with Gasteiger partial charge < -0.3 is 9.84 Å². The lowest BCUT2D eigenvalue weighted by molar-refractivity contribution is 0.259. The maximum atomic E-state index is 9.27. The van der Waals surface area contributed by atoms with Gasteiger partial charge >= 0.3 is 0 Å². The second kappa shape index (κ2) is 5.82. The van der Waals surface area contributed by atoms with Crippen LogP contribution in [0.2, 0.25) is 10.2 Å². The van der Waals surface area contributed by atoms with E-state index in [1.54, 1.807) is 29.9 Å². The van der Waals surface area contributed by atoms with Crippen LogP contribution in [0.15, 0.2) is 18.2 Å². The van der Waals surface area contributed by atoms with Crippen molar-refractivity contribution in [2.75, 3.05) is 0 Å². The van der Waals surface area contributed by atoms with E-state index in [0.717, 1.165) is 11.3 Å². The summed E-state index contributed by atoms with van der Waals surface area (Å²) in [4.78, 5) is 0. The molecule has 0 aliphatic heterocycles. The van der Waals surface area contributed by atoms with Crippen LogP contribution in [0, 0.1) is 6.92 Å². The molecule has 0 atom stereocenters. The summed E-state index contributed by atoms with van der Waals surface area (Å²) in [5.41, 5.74) is 2.31. The van der Waals surface area contributed by atoms with E-state index in [-0.39, 0.29) is 6.61 Å². The summed E-state index contributed by atoms with van der Waals surface area (Å²) < 4.78 is 7.29. The minimum absolute atomic E-state index is 0.129. The zero-order chi connectivity index (χ0) is 14.0. The lowest BCUT2D eigenvalue weighted by Crippen LogP contribution is -2.00. The molecule has 19 heavy (non-hydrogen) atoms. The van der Waals surface area contributed by atoms with E-state index < -0.39 is 0 Å². The smallest absolute Gasteiger partial charge is 0.133 e. The van der Waals surface area contributed by atoms with Gasteiger partial charge in [0.2, 0.25) is 0 Å². The monoisotopic (exact) mass is 300 g/mol. The highest BCUT2D eigenvalue weighted by Gasteiger charge is 2.12. The molecule has 0 spiro atoms. The van der Waals surface area contributed by atoms with Crippen molar-refractivity contribution in [1.29, 1.82) is 0 Å². The maximum Gasteiger partial charge on any atom is 0.133 e. The van der Waals surface area contributed by atoms with E-state index in [1.807, 2.05) is 6.92 Å². The summed E-state index contributed by atoms with van der Waals surface area (Å²) >= 11 is 12.0. The molecule has 0 unspecified atom stereocenters. The van der Waals surface area contributed by atoms with Gasteiger partial charge in [0, 0.05) is 23.2 Å².